The first kappa shape index (κ1) is 12.2. The van der Waals surface area contributed by atoms with Gasteiger partial charge in [0.25, 0.3) is 0 Å². The second kappa shape index (κ2) is 4.70. The van der Waals surface area contributed by atoms with Crippen molar-refractivity contribution in [3.63, 3.8) is 0 Å². The lowest BCUT2D eigenvalue weighted by molar-refractivity contribution is 0.131. The molecule has 1 heteroatoms. The molecule has 1 aromatic rings. The maximum absolute atomic E-state index is 3.48. The van der Waals surface area contributed by atoms with Gasteiger partial charge in [0.2, 0.25) is 0 Å². The van der Waals surface area contributed by atoms with Crippen LogP contribution in [0.15, 0.2) is 18.2 Å². The molecular weight excluding hydrogens is 218 g/mol. The summed E-state index contributed by atoms with van der Waals surface area (Å²) >= 11 is 0. The van der Waals surface area contributed by atoms with E-state index in [1.54, 1.807) is 16.7 Å². The first-order valence-corrected chi connectivity index (χ1v) is 7.48. The lowest BCUT2D eigenvalue weighted by atomic mass is 9.71. The summed E-state index contributed by atoms with van der Waals surface area (Å²) in [6, 6.07) is 7.25. The molecule has 18 heavy (non-hydrogen) atoms. The Labute approximate surface area is 111 Å². The van der Waals surface area contributed by atoms with Crippen molar-refractivity contribution < 1.29 is 0 Å². The van der Waals surface area contributed by atoms with Crippen LogP contribution < -0.4 is 5.32 Å². The minimum atomic E-state index is 0.543. The van der Waals surface area contributed by atoms with Crippen LogP contribution in [0, 0.1) is 11.3 Å². The van der Waals surface area contributed by atoms with Crippen LogP contribution >= 0.6 is 0 Å². The molecule has 1 N–H and O–H groups in total. The van der Waals surface area contributed by atoms with E-state index in [4.69, 9.17) is 0 Å². The Bertz CT molecular complexity index is 429. The van der Waals surface area contributed by atoms with Crippen LogP contribution in [-0.4, -0.2) is 13.1 Å². The van der Waals surface area contributed by atoms with E-state index in [0.717, 1.165) is 5.92 Å². The van der Waals surface area contributed by atoms with Crippen LogP contribution in [0.1, 0.15) is 43.4 Å². The summed E-state index contributed by atoms with van der Waals surface area (Å²) in [4.78, 5) is 0. The molecule has 3 rings (SSSR count). The number of fused-ring (bicyclic) bond motifs is 1. The zero-order valence-electron chi connectivity index (χ0n) is 11.8. The fourth-order valence-corrected chi connectivity index (χ4v) is 3.85. The van der Waals surface area contributed by atoms with Crippen molar-refractivity contribution >= 4 is 0 Å². The maximum atomic E-state index is 3.48. The van der Waals surface area contributed by atoms with Gasteiger partial charge in [-0.05, 0) is 60.1 Å². The number of hydrogen-bond donors (Lipinski definition) is 1. The summed E-state index contributed by atoms with van der Waals surface area (Å²) in [6.45, 7) is 7.12. The van der Waals surface area contributed by atoms with Crippen molar-refractivity contribution in [1.29, 1.82) is 0 Å². The molecule has 1 aromatic carbocycles. The average molecular weight is 243 g/mol. The summed E-state index contributed by atoms with van der Waals surface area (Å²) in [5.41, 5.74) is 5.33. The SMILES string of the molecule is CC(C)CC1(Cc2ccc3c(c2)CCC3)CNC1. The number of hydrogen-bond acceptors (Lipinski definition) is 1. The van der Waals surface area contributed by atoms with Gasteiger partial charge in [0.15, 0.2) is 0 Å². The minimum absolute atomic E-state index is 0.543. The quantitative estimate of drug-likeness (QED) is 0.855. The largest absolute Gasteiger partial charge is 0.316 e. The van der Waals surface area contributed by atoms with Gasteiger partial charge in [-0.2, -0.15) is 0 Å². The molecule has 98 valence electrons. The third kappa shape index (κ3) is 2.33. The Hall–Kier alpha value is -0.820. The Morgan fingerprint density at radius 1 is 1.17 bits per heavy atom. The van der Waals surface area contributed by atoms with Gasteiger partial charge in [-0.25, -0.2) is 0 Å². The van der Waals surface area contributed by atoms with Crippen molar-refractivity contribution in [3.05, 3.63) is 34.9 Å². The third-order valence-corrected chi connectivity index (χ3v) is 4.58. The second-order valence-electron chi connectivity index (χ2n) is 6.83. The zero-order valence-corrected chi connectivity index (χ0v) is 11.8. The molecule has 1 heterocycles. The van der Waals surface area contributed by atoms with Crippen molar-refractivity contribution in [3.8, 4) is 0 Å². The summed E-state index contributed by atoms with van der Waals surface area (Å²) < 4.78 is 0. The molecule has 1 aliphatic carbocycles. The summed E-state index contributed by atoms with van der Waals surface area (Å²) in [6.07, 6.45) is 6.59. The number of nitrogens with one attached hydrogen (secondary N) is 1. The predicted molar refractivity (Wildman–Crippen MR) is 76.9 cm³/mol. The second-order valence-corrected chi connectivity index (χ2v) is 6.83. The topological polar surface area (TPSA) is 12.0 Å². The Morgan fingerprint density at radius 2 is 1.94 bits per heavy atom. The van der Waals surface area contributed by atoms with Crippen molar-refractivity contribution in [2.45, 2.75) is 46.0 Å². The van der Waals surface area contributed by atoms with E-state index in [0.29, 0.717) is 5.41 Å². The van der Waals surface area contributed by atoms with Gasteiger partial charge in [0.05, 0.1) is 0 Å². The third-order valence-electron chi connectivity index (χ3n) is 4.58. The van der Waals surface area contributed by atoms with E-state index >= 15 is 0 Å². The lowest BCUT2D eigenvalue weighted by Gasteiger charge is -2.44. The van der Waals surface area contributed by atoms with Crippen LogP contribution in [0.3, 0.4) is 0 Å². The molecule has 0 amide bonds. The smallest absolute Gasteiger partial charge is 0.00235 e. The highest BCUT2D eigenvalue weighted by atomic mass is 15.0. The standard InChI is InChI=1S/C17H25N/c1-13(2)9-17(11-18-12-17)10-14-6-7-15-4-3-5-16(15)8-14/h6-8,13,18H,3-5,9-12H2,1-2H3. The molecule has 0 unspecified atom stereocenters. The highest BCUT2D eigenvalue weighted by molar-refractivity contribution is 5.36. The van der Waals surface area contributed by atoms with Gasteiger partial charge < -0.3 is 5.32 Å². The molecule has 0 atom stereocenters. The van der Waals surface area contributed by atoms with Gasteiger partial charge in [-0.3, -0.25) is 0 Å². The predicted octanol–water partition coefficient (Wildman–Crippen LogP) is 3.35. The van der Waals surface area contributed by atoms with Crippen molar-refractivity contribution in [2.24, 2.45) is 11.3 Å². The lowest BCUT2D eigenvalue weighted by Crippen LogP contribution is -2.55. The van der Waals surface area contributed by atoms with Gasteiger partial charge in [-0.1, -0.05) is 32.0 Å². The van der Waals surface area contributed by atoms with Crippen LogP contribution in [0.2, 0.25) is 0 Å². The molecule has 0 bridgehead atoms. The minimum Gasteiger partial charge on any atom is -0.316 e. The highest BCUT2D eigenvalue weighted by Crippen LogP contribution is 2.35. The molecule has 1 aliphatic heterocycles. The van der Waals surface area contributed by atoms with E-state index < -0.39 is 0 Å². The molecule has 0 spiro atoms. The van der Waals surface area contributed by atoms with Gasteiger partial charge in [0, 0.05) is 13.1 Å². The van der Waals surface area contributed by atoms with Crippen molar-refractivity contribution in [2.75, 3.05) is 13.1 Å². The van der Waals surface area contributed by atoms with Gasteiger partial charge >= 0.3 is 0 Å². The fourth-order valence-electron chi connectivity index (χ4n) is 3.85. The summed E-state index contributed by atoms with van der Waals surface area (Å²) in [7, 11) is 0. The molecule has 0 aromatic heterocycles. The normalized spacial score (nSPS) is 20.8. The Balaban J connectivity index is 1.75. The molecular formula is C17H25N. The van der Waals surface area contributed by atoms with E-state index in [1.807, 2.05) is 0 Å². The number of benzene rings is 1. The van der Waals surface area contributed by atoms with Gasteiger partial charge in [-0.15, -0.1) is 0 Å². The van der Waals surface area contributed by atoms with Crippen LogP contribution in [0.4, 0.5) is 0 Å². The molecule has 2 aliphatic rings. The van der Waals surface area contributed by atoms with E-state index in [-0.39, 0.29) is 0 Å². The van der Waals surface area contributed by atoms with E-state index in [1.165, 1.54) is 45.2 Å². The van der Waals surface area contributed by atoms with E-state index in [9.17, 15) is 0 Å². The average Bonchev–Trinajstić information content (AvgIpc) is 2.72. The molecule has 1 fully saturated rings. The number of rotatable bonds is 4. The molecule has 1 saturated heterocycles. The summed E-state index contributed by atoms with van der Waals surface area (Å²) in [5, 5.41) is 3.48. The maximum Gasteiger partial charge on any atom is 0.00235 e. The first-order chi connectivity index (χ1) is 8.67. The number of aryl methyl sites for hydroxylation is 2. The summed E-state index contributed by atoms with van der Waals surface area (Å²) in [5.74, 6) is 0.807. The molecule has 0 saturated carbocycles. The Morgan fingerprint density at radius 3 is 2.61 bits per heavy atom. The fraction of sp³-hybridized carbons (Fsp3) is 0.647. The molecule has 1 nitrogen and oxygen atoms in total. The monoisotopic (exact) mass is 243 g/mol. The Kier molecular flexibility index (Phi) is 3.19. The first-order valence-electron chi connectivity index (χ1n) is 7.48. The van der Waals surface area contributed by atoms with Gasteiger partial charge in [0.1, 0.15) is 0 Å². The highest BCUT2D eigenvalue weighted by Gasteiger charge is 2.37. The van der Waals surface area contributed by atoms with Crippen LogP contribution in [0.25, 0.3) is 0 Å². The zero-order chi connectivity index (χ0) is 12.6. The van der Waals surface area contributed by atoms with Crippen molar-refractivity contribution in [1.82, 2.24) is 5.32 Å². The van der Waals surface area contributed by atoms with Crippen LogP contribution in [0.5, 0.6) is 0 Å². The van der Waals surface area contributed by atoms with Crippen LogP contribution in [-0.2, 0) is 19.3 Å². The van der Waals surface area contributed by atoms with E-state index in [2.05, 4.69) is 37.4 Å². The molecule has 0 radical (unpaired) electrons.